The molecule has 0 spiro atoms. The third-order valence-corrected chi connectivity index (χ3v) is 3.60. The number of rotatable bonds is 4. The number of carboxylic acid groups (broad SMARTS) is 1. The Labute approximate surface area is 118 Å². The van der Waals surface area contributed by atoms with Crippen molar-refractivity contribution in [3.05, 3.63) is 51.0 Å². The van der Waals surface area contributed by atoms with Gasteiger partial charge >= 0.3 is 5.97 Å². The summed E-state index contributed by atoms with van der Waals surface area (Å²) in [5, 5.41) is 17.7. The van der Waals surface area contributed by atoms with Crippen molar-refractivity contribution in [2.24, 2.45) is 0 Å². The molecular weight excluding hydrogens is 281 g/mol. The highest BCUT2D eigenvalue weighted by molar-refractivity contribution is 7.14. The van der Waals surface area contributed by atoms with Gasteiger partial charge < -0.3 is 9.84 Å². The van der Waals surface area contributed by atoms with Crippen molar-refractivity contribution >= 4 is 17.3 Å². The summed E-state index contributed by atoms with van der Waals surface area (Å²) in [5.41, 5.74) is 0.494. The average molecular weight is 291 g/mol. The van der Waals surface area contributed by atoms with E-state index in [2.05, 4.69) is 0 Å². The van der Waals surface area contributed by atoms with E-state index >= 15 is 0 Å². The number of hydrogen-bond acceptors (Lipinski definition) is 4. The van der Waals surface area contributed by atoms with Gasteiger partial charge in [-0.25, -0.2) is 9.18 Å². The van der Waals surface area contributed by atoms with Crippen LogP contribution in [-0.4, -0.2) is 11.1 Å². The van der Waals surface area contributed by atoms with E-state index in [9.17, 15) is 9.18 Å². The lowest BCUT2D eigenvalue weighted by Crippen LogP contribution is -2.02. The Hall–Kier alpha value is -2.39. The fourth-order valence-electron chi connectivity index (χ4n) is 1.64. The highest BCUT2D eigenvalue weighted by atomic mass is 32.1. The summed E-state index contributed by atoms with van der Waals surface area (Å²) in [6.45, 7) is 1.68. The Morgan fingerprint density at radius 3 is 2.85 bits per heavy atom. The summed E-state index contributed by atoms with van der Waals surface area (Å²) >= 11 is 1.11. The number of benzene rings is 1. The summed E-state index contributed by atoms with van der Waals surface area (Å²) in [6.07, 6.45) is 0. The minimum atomic E-state index is -1.07. The molecule has 0 saturated heterocycles. The van der Waals surface area contributed by atoms with Gasteiger partial charge in [-0.1, -0.05) is 6.07 Å². The molecule has 0 fully saturated rings. The molecule has 2 rings (SSSR count). The number of carbonyl (C=O) groups is 1. The Balaban J connectivity index is 2.17. The van der Waals surface area contributed by atoms with Crippen molar-refractivity contribution in [3.8, 4) is 11.8 Å². The minimum Gasteiger partial charge on any atom is -0.487 e. The van der Waals surface area contributed by atoms with Gasteiger partial charge in [-0.2, -0.15) is 5.26 Å². The van der Waals surface area contributed by atoms with Crippen molar-refractivity contribution < 1.29 is 19.0 Å². The topological polar surface area (TPSA) is 70.3 Å². The maximum Gasteiger partial charge on any atom is 0.349 e. The van der Waals surface area contributed by atoms with Crippen LogP contribution in [0, 0.1) is 24.1 Å². The minimum absolute atomic E-state index is 0.0893. The lowest BCUT2D eigenvalue weighted by atomic mass is 10.1. The molecule has 0 unspecified atom stereocenters. The summed E-state index contributed by atoms with van der Waals surface area (Å²) in [6, 6.07) is 7.50. The molecule has 102 valence electrons. The molecule has 2 aromatic rings. The van der Waals surface area contributed by atoms with Gasteiger partial charge in [-0.05, 0) is 25.1 Å². The zero-order chi connectivity index (χ0) is 14.7. The molecule has 20 heavy (non-hydrogen) atoms. The first kappa shape index (κ1) is 14.0. The van der Waals surface area contributed by atoms with Crippen LogP contribution < -0.4 is 4.74 Å². The first-order valence-corrected chi connectivity index (χ1v) is 6.48. The van der Waals surface area contributed by atoms with Crippen LogP contribution in [0.3, 0.4) is 0 Å². The number of ether oxygens (including phenoxy) is 1. The lowest BCUT2D eigenvalue weighted by Gasteiger charge is -2.06. The van der Waals surface area contributed by atoms with Crippen LogP contribution in [0.1, 0.15) is 25.7 Å². The standard InChI is InChI=1S/C14H10FNO3S/c1-8-4-12(13(20-8)14(17)18)19-7-10-3-2-9(6-16)5-11(10)15/h2-5H,7H2,1H3,(H,17,18). The molecule has 0 bridgehead atoms. The molecule has 0 aliphatic carbocycles. The van der Waals surface area contributed by atoms with Crippen molar-refractivity contribution in [2.45, 2.75) is 13.5 Å². The molecule has 0 saturated carbocycles. The zero-order valence-corrected chi connectivity index (χ0v) is 11.3. The van der Waals surface area contributed by atoms with Crippen molar-refractivity contribution in [1.29, 1.82) is 5.26 Å². The number of nitrogens with zero attached hydrogens (tertiary/aromatic N) is 1. The summed E-state index contributed by atoms with van der Waals surface area (Å²) in [4.78, 5) is 11.9. The summed E-state index contributed by atoms with van der Waals surface area (Å²) in [7, 11) is 0. The predicted molar refractivity (Wildman–Crippen MR) is 71.5 cm³/mol. The van der Waals surface area contributed by atoms with Gasteiger partial charge in [0.1, 0.15) is 18.2 Å². The van der Waals surface area contributed by atoms with Crippen molar-refractivity contribution in [2.75, 3.05) is 0 Å². The number of halogens is 1. The van der Waals surface area contributed by atoms with E-state index in [1.54, 1.807) is 13.0 Å². The van der Waals surface area contributed by atoms with Gasteiger partial charge in [-0.3, -0.25) is 0 Å². The first-order valence-electron chi connectivity index (χ1n) is 5.66. The molecule has 0 amide bonds. The van der Waals surface area contributed by atoms with E-state index in [4.69, 9.17) is 15.1 Å². The molecule has 0 aliphatic rings. The largest absolute Gasteiger partial charge is 0.487 e. The molecule has 6 heteroatoms. The fraction of sp³-hybridized carbons (Fsp3) is 0.143. The lowest BCUT2D eigenvalue weighted by molar-refractivity contribution is 0.0697. The number of carboxylic acids is 1. The van der Waals surface area contributed by atoms with Crippen LogP contribution in [0.25, 0.3) is 0 Å². The van der Waals surface area contributed by atoms with E-state index < -0.39 is 11.8 Å². The zero-order valence-electron chi connectivity index (χ0n) is 10.5. The van der Waals surface area contributed by atoms with E-state index in [1.807, 2.05) is 6.07 Å². The molecule has 0 aliphatic heterocycles. The van der Waals surface area contributed by atoms with Crippen LogP contribution in [-0.2, 0) is 6.61 Å². The number of thiophene rings is 1. The van der Waals surface area contributed by atoms with Gasteiger partial charge in [0.2, 0.25) is 0 Å². The number of nitriles is 1. The second kappa shape index (κ2) is 5.72. The van der Waals surface area contributed by atoms with Gasteiger partial charge in [0, 0.05) is 10.4 Å². The predicted octanol–water partition coefficient (Wildman–Crippen LogP) is 3.34. The van der Waals surface area contributed by atoms with Crippen LogP contribution in [0.2, 0.25) is 0 Å². The van der Waals surface area contributed by atoms with E-state index in [-0.39, 0.29) is 28.4 Å². The third-order valence-electron chi connectivity index (χ3n) is 2.58. The van der Waals surface area contributed by atoms with Gasteiger partial charge in [0.15, 0.2) is 4.88 Å². The fourth-order valence-corrected chi connectivity index (χ4v) is 2.43. The highest BCUT2D eigenvalue weighted by Gasteiger charge is 2.16. The van der Waals surface area contributed by atoms with Crippen LogP contribution >= 0.6 is 11.3 Å². The normalized spacial score (nSPS) is 10.1. The monoisotopic (exact) mass is 291 g/mol. The third kappa shape index (κ3) is 2.95. The molecule has 1 N–H and O–H groups in total. The summed E-state index contributed by atoms with van der Waals surface area (Å²) < 4.78 is 19.0. The summed E-state index contributed by atoms with van der Waals surface area (Å²) in [5.74, 6) is -1.39. The van der Waals surface area contributed by atoms with Gasteiger partial charge in [-0.15, -0.1) is 11.3 Å². The SMILES string of the molecule is Cc1cc(OCc2ccc(C#N)cc2F)c(C(=O)O)s1. The average Bonchev–Trinajstić information content (AvgIpc) is 2.78. The smallest absolute Gasteiger partial charge is 0.349 e. The molecule has 0 atom stereocenters. The molecular formula is C14H10FNO3S. The van der Waals surface area contributed by atoms with E-state index in [0.29, 0.717) is 0 Å². The van der Waals surface area contributed by atoms with Crippen LogP contribution in [0.4, 0.5) is 4.39 Å². The number of aromatic carboxylic acids is 1. The second-order valence-corrected chi connectivity index (χ2v) is 5.32. The second-order valence-electron chi connectivity index (χ2n) is 4.06. The van der Waals surface area contributed by atoms with Gasteiger partial charge in [0.25, 0.3) is 0 Å². The molecule has 1 aromatic heterocycles. The van der Waals surface area contributed by atoms with Crippen molar-refractivity contribution in [1.82, 2.24) is 0 Å². The Kier molecular flexibility index (Phi) is 4.01. The van der Waals surface area contributed by atoms with Crippen LogP contribution in [0.15, 0.2) is 24.3 Å². The molecule has 0 radical (unpaired) electrons. The quantitative estimate of drug-likeness (QED) is 0.937. The maximum atomic E-state index is 13.7. The Morgan fingerprint density at radius 1 is 1.50 bits per heavy atom. The van der Waals surface area contributed by atoms with E-state index in [1.165, 1.54) is 12.1 Å². The van der Waals surface area contributed by atoms with E-state index in [0.717, 1.165) is 22.3 Å². The Bertz CT molecular complexity index is 703. The molecule has 1 heterocycles. The van der Waals surface area contributed by atoms with Crippen LogP contribution in [0.5, 0.6) is 5.75 Å². The number of aryl methyl sites for hydroxylation is 1. The molecule has 1 aromatic carbocycles. The van der Waals surface area contributed by atoms with Crippen molar-refractivity contribution in [3.63, 3.8) is 0 Å². The Morgan fingerprint density at radius 2 is 2.25 bits per heavy atom. The number of hydrogen-bond donors (Lipinski definition) is 1. The highest BCUT2D eigenvalue weighted by Crippen LogP contribution is 2.29. The first-order chi connectivity index (χ1) is 9.51. The van der Waals surface area contributed by atoms with Gasteiger partial charge in [0.05, 0.1) is 11.6 Å². The molecule has 4 nitrogen and oxygen atoms in total. The maximum absolute atomic E-state index is 13.7.